The van der Waals surface area contributed by atoms with Gasteiger partial charge in [-0.05, 0) is 143 Å². The Morgan fingerprint density at radius 2 is 1.36 bits per heavy atom. The number of hydrogen-bond acceptors (Lipinski definition) is 13. The Labute approximate surface area is 491 Å². The summed E-state index contributed by atoms with van der Waals surface area (Å²) in [5.41, 5.74) is 3.69. The molecule has 9 rings (SSSR count). The Kier molecular flexibility index (Phi) is 23.6. The number of allylic oxidation sites excluding steroid dienone is 1. The molecule has 444 valence electrons. The summed E-state index contributed by atoms with van der Waals surface area (Å²) in [6, 6.07) is 36.2. The second-order valence-electron chi connectivity index (χ2n) is 21.6. The fourth-order valence-corrected chi connectivity index (χ4v) is 11.2. The molecule has 2 aliphatic heterocycles. The number of para-hydroxylation sites is 2. The number of nitrogens with one attached hydrogen (secondary N) is 2. The van der Waals surface area contributed by atoms with Gasteiger partial charge in [0.1, 0.15) is 16.9 Å². The Morgan fingerprint density at radius 1 is 0.771 bits per heavy atom. The quantitative estimate of drug-likeness (QED) is 0.0556. The fourth-order valence-electron chi connectivity index (χ4n) is 10.1. The maximum absolute atomic E-state index is 11.9. The second kappa shape index (κ2) is 29.8. The van der Waals surface area contributed by atoms with E-state index in [-0.39, 0.29) is 23.6 Å². The zero-order chi connectivity index (χ0) is 61.5. The van der Waals surface area contributed by atoms with Crippen LogP contribution >= 0.6 is 11.8 Å². The van der Waals surface area contributed by atoms with E-state index in [2.05, 4.69) is 140 Å². The number of fused-ring (bicyclic) bond motifs is 4. The van der Waals surface area contributed by atoms with Gasteiger partial charge in [0, 0.05) is 50.1 Å². The SMILES string of the molecule is C=CCC1(C(C)CC)C(=O)NC(=O)NC1=O.CC(CN1c2ccccc2Sc2ccccc21)N(C)C.CC[C@@H](c1cccc(O)c1)[C@@H](C)CN(C)C.COc1ccc2cc([C@H](C)C(=O)O)ccc2c1.Cn1c(=O)c2c(ncn2C)n(C)c1=O. The number of aromatic hydroxyl groups is 1. The van der Waals surface area contributed by atoms with Crippen LogP contribution in [0.25, 0.3) is 21.9 Å². The number of carboxylic acids is 1. The third-order valence-electron chi connectivity index (χ3n) is 15.4. The van der Waals surface area contributed by atoms with Crippen molar-refractivity contribution < 1.29 is 34.1 Å². The monoisotopic (exact) mass is 1150 g/mol. The molecule has 4 N–H and O–H groups in total. The number of aliphatic carboxylic acids is 1. The van der Waals surface area contributed by atoms with Crippen molar-refractivity contribution >= 4 is 68.9 Å². The number of methoxy groups -OCH3 is 1. The summed E-state index contributed by atoms with van der Waals surface area (Å²) in [7, 11) is 14.9. The van der Waals surface area contributed by atoms with Crippen LogP contribution in [0.3, 0.4) is 0 Å². The number of imidazole rings is 1. The summed E-state index contributed by atoms with van der Waals surface area (Å²) in [4.78, 5) is 82.5. The summed E-state index contributed by atoms with van der Waals surface area (Å²) < 4.78 is 9.18. The maximum atomic E-state index is 11.9. The molecule has 83 heavy (non-hydrogen) atoms. The van der Waals surface area contributed by atoms with Crippen molar-refractivity contribution in [3.05, 3.63) is 160 Å². The van der Waals surface area contributed by atoms with Crippen molar-refractivity contribution in [2.24, 2.45) is 38.4 Å². The Morgan fingerprint density at radius 3 is 1.89 bits per heavy atom. The molecule has 2 unspecified atom stereocenters. The number of carboxylic acid groups (broad SMARTS) is 1. The van der Waals surface area contributed by atoms with E-state index in [0.717, 1.165) is 46.2 Å². The van der Waals surface area contributed by atoms with Crippen LogP contribution in [0.2, 0.25) is 0 Å². The van der Waals surface area contributed by atoms with Gasteiger partial charge in [-0.15, -0.1) is 6.58 Å². The number of phenols is 1. The number of nitrogens with zero attached hydrogens (tertiary/aromatic N) is 7. The van der Waals surface area contributed by atoms with E-state index in [1.54, 1.807) is 38.8 Å². The minimum Gasteiger partial charge on any atom is -0.508 e. The van der Waals surface area contributed by atoms with Gasteiger partial charge in [-0.2, -0.15) is 0 Å². The molecule has 0 radical (unpaired) electrons. The van der Waals surface area contributed by atoms with Gasteiger partial charge in [0.25, 0.3) is 5.56 Å². The number of ether oxygens (including phenoxy) is 1. The molecule has 0 bridgehead atoms. The zero-order valence-electron chi connectivity index (χ0n) is 50.5. The van der Waals surface area contributed by atoms with Crippen LogP contribution in [0, 0.1) is 17.3 Å². The number of aryl methyl sites for hydroxylation is 2. The topological polar surface area (TPSA) is 214 Å². The van der Waals surface area contributed by atoms with Crippen molar-refractivity contribution in [2.75, 3.05) is 53.3 Å². The summed E-state index contributed by atoms with van der Waals surface area (Å²) >= 11 is 1.87. The van der Waals surface area contributed by atoms with Crippen LogP contribution in [-0.4, -0.2) is 117 Å². The van der Waals surface area contributed by atoms with Gasteiger partial charge >= 0.3 is 17.7 Å². The van der Waals surface area contributed by atoms with Crippen molar-refractivity contribution in [1.82, 2.24) is 39.1 Å². The molecule has 1 saturated heterocycles. The molecule has 2 aliphatic rings. The van der Waals surface area contributed by atoms with Crippen molar-refractivity contribution in [3.63, 3.8) is 0 Å². The number of carbonyl (C=O) groups is 4. The number of rotatable bonds is 15. The molecule has 19 heteroatoms. The molecule has 0 saturated carbocycles. The number of likely N-dealkylation sites (N-methyl/N-ethyl adjacent to an activating group) is 1. The van der Waals surface area contributed by atoms with E-state index in [1.165, 1.54) is 50.7 Å². The number of hydrogen-bond donors (Lipinski definition) is 4. The molecule has 4 amide bonds. The number of aromatic nitrogens is 4. The van der Waals surface area contributed by atoms with E-state index in [4.69, 9.17) is 9.84 Å². The van der Waals surface area contributed by atoms with Crippen LogP contribution in [0.1, 0.15) is 83.8 Å². The zero-order valence-corrected chi connectivity index (χ0v) is 51.3. The highest BCUT2D eigenvalue weighted by Gasteiger charge is 2.52. The Bertz CT molecular complexity index is 3450. The van der Waals surface area contributed by atoms with Crippen molar-refractivity contribution in [2.45, 2.75) is 88.5 Å². The summed E-state index contributed by atoms with van der Waals surface area (Å²) in [5, 5.41) is 24.8. The summed E-state index contributed by atoms with van der Waals surface area (Å²) in [6.07, 6.45) is 5.06. The Hall–Kier alpha value is -8.00. The van der Waals surface area contributed by atoms with Gasteiger partial charge in [-0.3, -0.25) is 38.9 Å². The number of carbonyl (C=O) groups excluding carboxylic acids is 3. The normalized spacial score (nSPS) is 14.9. The second-order valence-corrected chi connectivity index (χ2v) is 22.7. The fraction of sp³-hybridized carbons (Fsp3) is 0.391. The lowest BCUT2D eigenvalue weighted by Crippen LogP contribution is -2.64. The number of imide groups is 2. The molecular formula is C64H83N9O9S. The molecule has 4 heterocycles. The van der Waals surface area contributed by atoms with Crippen molar-refractivity contribution in [1.29, 1.82) is 0 Å². The van der Waals surface area contributed by atoms with Crippen LogP contribution in [-0.2, 0) is 35.5 Å². The maximum Gasteiger partial charge on any atom is 0.332 e. The lowest BCUT2D eigenvalue weighted by Gasteiger charge is -2.37. The minimum absolute atomic E-state index is 0.154. The number of benzene rings is 5. The van der Waals surface area contributed by atoms with Crippen LogP contribution < -0.4 is 31.5 Å². The van der Waals surface area contributed by atoms with Gasteiger partial charge in [0.2, 0.25) is 11.8 Å². The third kappa shape index (κ3) is 16.0. The summed E-state index contributed by atoms with van der Waals surface area (Å²) in [5.74, 6) is -0.218. The first-order chi connectivity index (χ1) is 39.3. The number of barbiturate groups is 1. The molecule has 0 aliphatic carbocycles. The number of anilines is 2. The van der Waals surface area contributed by atoms with E-state index >= 15 is 0 Å². The lowest BCUT2D eigenvalue weighted by molar-refractivity contribution is -0.148. The van der Waals surface area contributed by atoms with E-state index in [9.17, 15) is 33.9 Å². The largest absolute Gasteiger partial charge is 0.508 e. The third-order valence-corrected chi connectivity index (χ3v) is 16.5. The smallest absolute Gasteiger partial charge is 0.332 e. The van der Waals surface area contributed by atoms with Gasteiger partial charge in [-0.25, -0.2) is 14.6 Å². The first-order valence-corrected chi connectivity index (χ1v) is 28.6. The lowest BCUT2D eigenvalue weighted by atomic mass is 9.70. The van der Waals surface area contributed by atoms with Crippen LogP contribution in [0.4, 0.5) is 16.2 Å². The molecule has 0 spiro atoms. The first kappa shape index (κ1) is 65.8. The molecule has 18 nitrogen and oxygen atoms in total. The minimum atomic E-state index is -1.20. The highest BCUT2D eigenvalue weighted by atomic mass is 32.2. The standard InChI is InChI=1S/C17H20N2S.C14H23NO.C14H14O3.C11H16N2O3.C8H10N4O2/c1-13(18(2)3)12-19-14-8-4-6-10-16(14)20-17-11-7-5-9-15(17)19;1-5-14(11(2)10-15(3)4)12-7-6-8-13(16)9-12;1-9(14(15)16)10-3-4-12-8-13(17-2)6-5-11(12)7-10;1-4-6-11(7(3)5-2)8(14)12-10(16)13-9(11)15;1-10-4-9-6-5(10)7(13)12(3)8(14)11(6)2/h4-11,13H,12H2,1-3H3;6-9,11,14,16H,5,10H2,1-4H3;3-9H,1-2H3,(H,15,16);4,7H,1,5-6H2,2-3H3,(H2,12,13,14,15,16);4H,1-3H3/t;11-,14+;9-;;/m.00../s1. The number of phenolic OH excluding ortho intramolecular Hbond substituents is 1. The molecular weight excluding hydrogens is 1070 g/mol. The highest BCUT2D eigenvalue weighted by molar-refractivity contribution is 7.99. The van der Waals surface area contributed by atoms with Gasteiger partial charge in [0.05, 0.1) is 30.7 Å². The highest BCUT2D eigenvalue weighted by Crippen LogP contribution is 2.48. The Balaban J connectivity index is 0.000000191. The van der Waals surface area contributed by atoms with E-state index in [0.29, 0.717) is 41.2 Å². The van der Waals surface area contributed by atoms with E-state index in [1.807, 2.05) is 74.1 Å². The predicted molar refractivity (Wildman–Crippen MR) is 332 cm³/mol. The molecule has 5 aromatic carbocycles. The van der Waals surface area contributed by atoms with Gasteiger partial charge in [-0.1, -0.05) is 113 Å². The van der Waals surface area contributed by atoms with Gasteiger partial charge < -0.3 is 34.2 Å². The molecule has 5 atom stereocenters. The van der Waals surface area contributed by atoms with E-state index < -0.39 is 35.1 Å². The molecule has 2 aromatic heterocycles. The van der Waals surface area contributed by atoms with Gasteiger partial charge in [0.15, 0.2) is 11.2 Å². The molecule has 1 fully saturated rings. The van der Waals surface area contributed by atoms with Crippen LogP contribution in [0.15, 0.2) is 148 Å². The molecule has 7 aromatic rings. The predicted octanol–water partition coefficient (Wildman–Crippen LogP) is 10.3. The average molecular weight is 1150 g/mol. The summed E-state index contributed by atoms with van der Waals surface area (Å²) in [6.45, 7) is 17.8. The van der Waals surface area contributed by atoms with Crippen molar-refractivity contribution in [3.8, 4) is 11.5 Å². The number of amides is 4. The first-order valence-electron chi connectivity index (χ1n) is 27.7. The number of urea groups is 1. The van der Waals surface area contributed by atoms with Crippen LogP contribution in [0.5, 0.6) is 11.5 Å². The average Bonchev–Trinajstić information content (AvgIpc) is 3.30.